The standard InChI is InChI=1S/C12H16O3/c1-8-3-2-4-10(13)12(7-14-12)11-9(15-11)6-5-8/h3,9,11H,2,4-7H2,1H3/b8-3+/t9-,11-,12+/m1/s1. The number of fused-ring (bicyclic) bond motifs is 2. The Hall–Kier alpha value is -0.670. The lowest BCUT2D eigenvalue weighted by Crippen LogP contribution is -2.32. The van der Waals surface area contributed by atoms with Gasteiger partial charge in [0, 0.05) is 6.42 Å². The molecular formula is C12H16O3. The van der Waals surface area contributed by atoms with Crippen LogP contribution in [-0.4, -0.2) is 30.2 Å². The van der Waals surface area contributed by atoms with E-state index in [2.05, 4.69) is 13.0 Å². The molecule has 15 heavy (non-hydrogen) atoms. The van der Waals surface area contributed by atoms with Crippen molar-refractivity contribution < 1.29 is 14.3 Å². The fourth-order valence-electron chi connectivity index (χ4n) is 2.47. The Labute approximate surface area is 89.4 Å². The minimum Gasteiger partial charge on any atom is -0.366 e. The van der Waals surface area contributed by atoms with Crippen molar-refractivity contribution in [1.29, 1.82) is 0 Å². The smallest absolute Gasteiger partial charge is 0.178 e. The number of epoxide rings is 2. The van der Waals surface area contributed by atoms with Gasteiger partial charge in [-0.1, -0.05) is 11.6 Å². The molecule has 0 bridgehead atoms. The first-order valence-electron chi connectivity index (χ1n) is 5.71. The number of ether oxygens (including phenoxy) is 2. The van der Waals surface area contributed by atoms with Gasteiger partial charge in [-0.2, -0.15) is 0 Å². The van der Waals surface area contributed by atoms with Crippen LogP contribution in [0.5, 0.6) is 0 Å². The number of hydrogen-bond donors (Lipinski definition) is 0. The molecule has 82 valence electrons. The molecule has 3 heteroatoms. The lowest BCUT2D eigenvalue weighted by molar-refractivity contribution is -0.124. The molecule has 3 aliphatic rings. The summed E-state index contributed by atoms with van der Waals surface area (Å²) in [6, 6.07) is 0. The van der Waals surface area contributed by atoms with Crippen LogP contribution in [0.4, 0.5) is 0 Å². The van der Waals surface area contributed by atoms with Crippen molar-refractivity contribution in [2.75, 3.05) is 6.61 Å². The molecule has 3 rings (SSSR count). The molecule has 2 aliphatic heterocycles. The number of Topliss-reactive ketones (excluding diaryl/α,β-unsaturated/α-hetero) is 1. The normalized spacial score (nSPS) is 48.1. The Morgan fingerprint density at radius 3 is 3.00 bits per heavy atom. The minimum atomic E-state index is -0.524. The van der Waals surface area contributed by atoms with Gasteiger partial charge in [-0.05, 0) is 26.2 Å². The molecule has 2 fully saturated rings. The highest BCUT2D eigenvalue weighted by Crippen LogP contribution is 2.47. The summed E-state index contributed by atoms with van der Waals surface area (Å²) in [4.78, 5) is 11.9. The van der Waals surface area contributed by atoms with Crippen molar-refractivity contribution in [3.8, 4) is 0 Å². The van der Waals surface area contributed by atoms with Crippen LogP contribution >= 0.6 is 0 Å². The van der Waals surface area contributed by atoms with Crippen LogP contribution in [-0.2, 0) is 14.3 Å². The molecule has 0 radical (unpaired) electrons. The number of hydrogen-bond acceptors (Lipinski definition) is 3. The van der Waals surface area contributed by atoms with E-state index in [1.165, 1.54) is 5.57 Å². The van der Waals surface area contributed by atoms with Crippen molar-refractivity contribution in [2.24, 2.45) is 0 Å². The van der Waals surface area contributed by atoms with Gasteiger partial charge in [-0.15, -0.1) is 0 Å². The number of allylic oxidation sites excluding steroid dienone is 2. The minimum absolute atomic E-state index is 0.0656. The molecule has 0 aromatic heterocycles. The van der Waals surface area contributed by atoms with Crippen LogP contribution < -0.4 is 0 Å². The maximum absolute atomic E-state index is 11.9. The van der Waals surface area contributed by atoms with Crippen LogP contribution in [0, 0.1) is 0 Å². The van der Waals surface area contributed by atoms with E-state index in [-0.39, 0.29) is 18.0 Å². The van der Waals surface area contributed by atoms with Gasteiger partial charge in [0.25, 0.3) is 0 Å². The van der Waals surface area contributed by atoms with Gasteiger partial charge < -0.3 is 9.47 Å². The third-order valence-electron chi connectivity index (χ3n) is 3.66. The topological polar surface area (TPSA) is 42.1 Å². The van der Waals surface area contributed by atoms with Crippen LogP contribution in [0.3, 0.4) is 0 Å². The second-order valence-electron chi connectivity index (χ2n) is 4.82. The first-order chi connectivity index (χ1) is 7.22. The number of rotatable bonds is 0. The largest absolute Gasteiger partial charge is 0.366 e. The zero-order valence-electron chi connectivity index (χ0n) is 8.99. The Kier molecular flexibility index (Phi) is 2.01. The summed E-state index contributed by atoms with van der Waals surface area (Å²) in [5.41, 5.74) is 0.855. The monoisotopic (exact) mass is 208 g/mol. The quantitative estimate of drug-likeness (QED) is 0.448. The highest BCUT2D eigenvalue weighted by atomic mass is 16.7. The third-order valence-corrected chi connectivity index (χ3v) is 3.66. The van der Waals surface area contributed by atoms with E-state index >= 15 is 0 Å². The number of ketones is 1. The molecule has 0 saturated carbocycles. The SMILES string of the molecule is C/C1=C\CCC(=O)[C@@]2(CO2)[C@@H]2O[C@@H]2CC1. The fourth-order valence-corrected chi connectivity index (χ4v) is 2.47. The zero-order valence-corrected chi connectivity index (χ0v) is 8.99. The first-order valence-corrected chi connectivity index (χ1v) is 5.71. The van der Waals surface area contributed by atoms with Gasteiger partial charge in [-0.3, -0.25) is 4.79 Å². The number of carbonyl (C=O) groups excluding carboxylic acids is 1. The van der Waals surface area contributed by atoms with Gasteiger partial charge in [0.05, 0.1) is 12.7 Å². The molecule has 0 aromatic rings. The molecule has 0 N–H and O–H groups in total. The molecule has 0 amide bonds. The van der Waals surface area contributed by atoms with Crippen LogP contribution in [0.2, 0.25) is 0 Å². The van der Waals surface area contributed by atoms with Gasteiger partial charge in [0.1, 0.15) is 6.10 Å². The molecule has 0 aromatic carbocycles. The molecule has 0 unspecified atom stereocenters. The van der Waals surface area contributed by atoms with Gasteiger partial charge in [-0.25, -0.2) is 0 Å². The molecule has 3 nitrogen and oxygen atoms in total. The molecule has 2 heterocycles. The lowest BCUT2D eigenvalue weighted by Gasteiger charge is -2.09. The zero-order chi connectivity index (χ0) is 10.5. The van der Waals surface area contributed by atoms with Gasteiger partial charge >= 0.3 is 0 Å². The summed E-state index contributed by atoms with van der Waals surface area (Å²) in [5.74, 6) is 0.237. The van der Waals surface area contributed by atoms with E-state index in [1.807, 2.05) is 0 Å². The predicted octanol–water partition coefficient (Wildman–Crippen LogP) is 1.61. The Balaban J connectivity index is 1.78. The van der Waals surface area contributed by atoms with Crippen LogP contribution in [0.15, 0.2) is 11.6 Å². The summed E-state index contributed by atoms with van der Waals surface area (Å²) >= 11 is 0. The Bertz CT molecular complexity index is 328. The van der Waals surface area contributed by atoms with Gasteiger partial charge in [0.2, 0.25) is 0 Å². The molecule has 2 saturated heterocycles. The molecule has 3 atom stereocenters. The predicted molar refractivity (Wildman–Crippen MR) is 54.6 cm³/mol. The highest BCUT2D eigenvalue weighted by molar-refractivity contribution is 5.91. The van der Waals surface area contributed by atoms with E-state index < -0.39 is 5.60 Å². The average molecular weight is 208 g/mol. The van der Waals surface area contributed by atoms with Crippen LogP contribution in [0.25, 0.3) is 0 Å². The summed E-state index contributed by atoms with van der Waals surface area (Å²) < 4.78 is 10.9. The number of carbonyl (C=O) groups is 1. The van der Waals surface area contributed by atoms with Crippen molar-refractivity contribution in [2.45, 2.75) is 50.4 Å². The Morgan fingerprint density at radius 1 is 1.47 bits per heavy atom. The van der Waals surface area contributed by atoms with E-state index in [4.69, 9.17) is 9.47 Å². The Morgan fingerprint density at radius 2 is 2.27 bits per heavy atom. The maximum Gasteiger partial charge on any atom is 0.178 e. The highest BCUT2D eigenvalue weighted by Gasteiger charge is 2.67. The van der Waals surface area contributed by atoms with Crippen molar-refractivity contribution in [3.63, 3.8) is 0 Å². The maximum atomic E-state index is 11.9. The second kappa shape index (κ2) is 3.16. The summed E-state index contributed by atoms with van der Waals surface area (Å²) in [7, 11) is 0. The molecule has 1 aliphatic carbocycles. The van der Waals surface area contributed by atoms with Gasteiger partial charge in [0.15, 0.2) is 11.4 Å². The van der Waals surface area contributed by atoms with E-state index in [0.29, 0.717) is 13.0 Å². The lowest BCUT2D eigenvalue weighted by atomic mass is 9.92. The summed E-state index contributed by atoms with van der Waals surface area (Å²) in [6.45, 7) is 2.71. The van der Waals surface area contributed by atoms with Crippen molar-refractivity contribution in [1.82, 2.24) is 0 Å². The van der Waals surface area contributed by atoms with Crippen LogP contribution in [0.1, 0.15) is 32.6 Å². The van der Waals surface area contributed by atoms with Crippen molar-refractivity contribution >= 4 is 5.78 Å². The van der Waals surface area contributed by atoms with E-state index in [0.717, 1.165) is 19.3 Å². The second-order valence-corrected chi connectivity index (χ2v) is 4.82. The third kappa shape index (κ3) is 1.54. The summed E-state index contributed by atoms with van der Waals surface area (Å²) in [6.07, 6.45) is 6.08. The van der Waals surface area contributed by atoms with E-state index in [1.54, 1.807) is 0 Å². The first kappa shape index (κ1) is 9.55. The molecule has 1 spiro atoms. The average Bonchev–Trinajstić information content (AvgIpc) is 3.07. The van der Waals surface area contributed by atoms with Crippen molar-refractivity contribution in [3.05, 3.63) is 11.6 Å². The van der Waals surface area contributed by atoms with E-state index in [9.17, 15) is 4.79 Å². The summed E-state index contributed by atoms with van der Waals surface area (Å²) in [5, 5.41) is 0. The molecular weight excluding hydrogens is 192 g/mol. The fraction of sp³-hybridized carbons (Fsp3) is 0.750.